The number of aromatic nitrogens is 1. The Morgan fingerprint density at radius 1 is 1.19 bits per heavy atom. The minimum Gasteiger partial charge on any atom is -0.392 e. The average Bonchev–Trinajstić information content (AvgIpc) is 3.47. The Morgan fingerprint density at radius 3 is 2.44 bits per heavy atom. The van der Waals surface area contributed by atoms with Crippen molar-refractivity contribution in [2.24, 2.45) is 0 Å². The van der Waals surface area contributed by atoms with E-state index in [1.165, 1.54) is 0 Å². The summed E-state index contributed by atoms with van der Waals surface area (Å²) in [6.45, 7) is 6.77. The average molecular weight is 437 g/mol. The Hall–Kier alpha value is -2.77. The number of hydrogen-bond donors (Lipinski definition) is 3. The smallest absolute Gasteiger partial charge is 0.248 e. The molecule has 1 saturated carbocycles. The second kappa shape index (κ2) is 9.00. The van der Waals surface area contributed by atoms with Gasteiger partial charge < -0.3 is 15.7 Å². The van der Waals surface area contributed by atoms with E-state index in [9.17, 15) is 14.7 Å². The fourth-order valence-electron chi connectivity index (χ4n) is 4.06. The van der Waals surface area contributed by atoms with Gasteiger partial charge in [-0.2, -0.15) is 0 Å². The summed E-state index contributed by atoms with van der Waals surface area (Å²) in [4.78, 5) is 32.9. The molecule has 1 saturated heterocycles. The number of β-amino-alcohol motifs (C(OH)–C–C–N with tert-alkyl or cyclic N) is 1. The van der Waals surface area contributed by atoms with Gasteiger partial charge in [0.05, 0.1) is 12.1 Å². The summed E-state index contributed by atoms with van der Waals surface area (Å²) in [5, 5.41) is 16.2. The van der Waals surface area contributed by atoms with Crippen LogP contribution in [0, 0.1) is 0 Å². The fourth-order valence-corrected chi connectivity index (χ4v) is 4.06. The summed E-state index contributed by atoms with van der Waals surface area (Å²) in [5.41, 5.74) is 2.41. The molecule has 0 radical (unpaired) electrons. The summed E-state index contributed by atoms with van der Waals surface area (Å²) in [6.07, 6.45) is 4.94. The maximum absolute atomic E-state index is 13.7. The molecule has 1 aliphatic carbocycles. The molecular weight excluding hydrogens is 404 g/mol. The molecule has 1 unspecified atom stereocenters. The third kappa shape index (κ3) is 5.00. The van der Waals surface area contributed by atoms with Crippen molar-refractivity contribution in [2.75, 3.05) is 11.4 Å². The summed E-state index contributed by atoms with van der Waals surface area (Å²) in [5.74, 6) is -0.447. The summed E-state index contributed by atoms with van der Waals surface area (Å²) in [6, 6.07) is 10.2. The molecule has 2 aliphatic rings. The standard InChI is InChI=1S/C25H32N4O3/c1-25(2,3)17-6-10-19(11-7-17)29(24(32)21-13-20(30)15-27-21)22(16-5-4-12-26-14-16)23(31)28-18-8-9-18/h4-7,10-12,14,18,20-22,27,30H,8-9,13,15H2,1-3H3,(H,28,31)/t20-,21-,22?/m1/s1. The van der Waals surface area contributed by atoms with Crippen LogP contribution < -0.4 is 15.5 Å². The second-order valence-corrected chi connectivity index (χ2v) is 9.83. The van der Waals surface area contributed by atoms with Crippen molar-refractivity contribution in [3.8, 4) is 0 Å². The highest BCUT2D eigenvalue weighted by molar-refractivity contribution is 6.04. The van der Waals surface area contributed by atoms with Gasteiger partial charge in [0.15, 0.2) is 0 Å². The van der Waals surface area contributed by atoms with Crippen LogP contribution in [0.25, 0.3) is 0 Å². The third-order valence-electron chi connectivity index (χ3n) is 6.09. The summed E-state index contributed by atoms with van der Waals surface area (Å²) >= 11 is 0. The minimum absolute atomic E-state index is 0.0312. The Kier molecular flexibility index (Phi) is 6.31. The van der Waals surface area contributed by atoms with E-state index >= 15 is 0 Å². The molecule has 170 valence electrons. The Bertz CT molecular complexity index is 951. The van der Waals surface area contributed by atoms with Crippen LogP contribution in [0.15, 0.2) is 48.8 Å². The second-order valence-electron chi connectivity index (χ2n) is 9.83. The van der Waals surface area contributed by atoms with Gasteiger partial charge in [-0.1, -0.05) is 39.0 Å². The van der Waals surface area contributed by atoms with Crippen molar-refractivity contribution in [1.82, 2.24) is 15.6 Å². The van der Waals surface area contributed by atoms with Crippen LogP contribution >= 0.6 is 0 Å². The van der Waals surface area contributed by atoms with Crippen molar-refractivity contribution in [1.29, 1.82) is 0 Å². The molecule has 2 amide bonds. The lowest BCUT2D eigenvalue weighted by molar-refractivity contribution is -0.127. The van der Waals surface area contributed by atoms with Crippen LogP contribution in [0.5, 0.6) is 0 Å². The number of aliphatic hydroxyl groups is 1. The monoisotopic (exact) mass is 436 g/mol. The highest BCUT2D eigenvalue weighted by Gasteiger charge is 2.40. The van der Waals surface area contributed by atoms with E-state index in [1.54, 1.807) is 23.4 Å². The number of rotatable bonds is 6. The van der Waals surface area contributed by atoms with Crippen molar-refractivity contribution in [2.45, 2.75) is 69.7 Å². The van der Waals surface area contributed by atoms with Gasteiger partial charge in [0.1, 0.15) is 6.04 Å². The van der Waals surface area contributed by atoms with Gasteiger partial charge >= 0.3 is 0 Å². The lowest BCUT2D eigenvalue weighted by atomic mass is 9.87. The molecule has 3 atom stereocenters. The molecule has 0 spiro atoms. The number of carbonyl (C=O) groups is 2. The van der Waals surface area contributed by atoms with Gasteiger partial charge in [0, 0.05) is 36.2 Å². The highest BCUT2D eigenvalue weighted by Crippen LogP contribution is 2.32. The third-order valence-corrected chi connectivity index (χ3v) is 6.09. The first-order chi connectivity index (χ1) is 15.2. The number of anilines is 1. The Balaban J connectivity index is 1.76. The van der Waals surface area contributed by atoms with Crippen LogP contribution in [0.2, 0.25) is 0 Å². The number of aliphatic hydroxyl groups excluding tert-OH is 1. The largest absolute Gasteiger partial charge is 0.392 e. The normalized spacial score (nSPS) is 21.8. The topological polar surface area (TPSA) is 94.6 Å². The lowest BCUT2D eigenvalue weighted by Crippen LogP contribution is -2.50. The maximum atomic E-state index is 13.7. The minimum atomic E-state index is -0.850. The van der Waals surface area contributed by atoms with E-state index in [4.69, 9.17) is 0 Å². The van der Waals surface area contributed by atoms with Gasteiger partial charge in [0.2, 0.25) is 11.8 Å². The van der Waals surface area contributed by atoms with Crippen LogP contribution in [-0.2, 0) is 15.0 Å². The van der Waals surface area contributed by atoms with Gasteiger partial charge in [-0.3, -0.25) is 19.5 Å². The molecule has 2 aromatic rings. The number of nitrogens with one attached hydrogen (secondary N) is 2. The number of carbonyl (C=O) groups excluding carboxylic acids is 2. The van der Waals surface area contributed by atoms with Crippen molar-refractivity contribution in [3.05, 3.63) is 59.9 Å². The van der Waals surface area contributed by atoms with Gasteiger partial charge in [-0.05, 0) is 48.4 Å². The summed E-state index contributed by atoms with van der Waals surface area (Å²) < 4.78 is 0. The van der Waals surface area contributed by atoms with E-state index in [1.807, 2.05) is 30.3 Å². The molecule has 1 aromatic heterocycles. The molecular formula is C25H32N4O3. The van der Waals surface area contributed by atoms with Gasteiger partial charge in [-0.25, -0.2) is 0 Å². The molecule has 0 bridgehead atoms. The van der Waals surface area contributed by atoms with E-state index in [0.29, 0.717) is 24.2 Å². The van der Waals surface area contributed by atoms with Gasteiger partial charge in [-0.15, -0.1) is 0 Å². The van der Waals surface area contributed by atoms with Crippen molar-refractivity contribution in [3.63, 3.8) is 0 Å². The zero-order chi connectivity index (χ0) is 22.9. The van der Waals surface area contributed by atoms with Crippen molar-refractivity contribution >= 4 is 17.5 Å². The first-order valence-corrected chi connectivity index (χ1v) is 11.3. The summed E-state index contributed by atoms with van der Waals surface area (Å²) in [7, 11) is 0. The Labute approximate surface area is 189 Å². The van der Waals surface area contributed by atoms with Crippen LogP contribution in [-0.4, -0.2) is 46.6 Å². The first-order valence-electron chi connectivity index (χ1n) is 11.3. The fraction of sp³-hybridized carbons (Fsp3) is 0.480. The van der Waals surface area contributed by atoms with E-state index in [2.05, 4.69) is 36.4 Å². The van der Waals surface area contributed by atoms with Crippen molar-refractivity contribution < 1.29 is 14.7 Å². The number of nitrogens with zero attached hydrogens (tertiary/aromatic N) is 2. The first kappa shape index (κ1) is 22.4. The number of benzene rings is 1. The van der Waals surface area contributed by atoms with Crippen LogP contribution in [0.4, 0.5) is 5.69 Å². The molecule has 7 nitrogen and oxygen atoms in total. The van der Waals surface area contributed by atoms with E-state index < -0.39 is 18.2 Å². The zero-order valence-electron chi connectivity index (χ0n) is 18.9. The molecule has 1 aromatic carbocycles. The highest BCUT2D eigenvalue weighted by atomic mass is 16.3. The van der Waals surface area contributed by atoms with Gasteiger partial charge in [0.25, 0.3) is 0 Å². The number of hydrogen-bond acceptors (Lipinski definition) is 5. The van der Waals surface area contributed by atoms with E-state index in [0.717, 1.165) is 18.4 Å². The Morgan fingerprint density at radius 2 is 1.91 bits per heavy atom. The quantitative estimate of drug-likeness (QED) is 0.647. The predicted octanol–water partition coefficient (Wildman–Crippen LogP) is 2.45. The van der Waals surface area contributed by atoms with E-state index in [-0.39, 0.29) is 23.3 Å². The predicted molar refractivity (Wildman–Crippen MR) is 123 cm³/mol. The number of amides is 2. The van der Waals surface area contributed by atoms with Crippen LogP contribution in [0.3, 0.4) is 0 Å². The maximum Gasteiger partial charge on any atom is 0.248 e. The molecule has 7 heteroatoms. The SMILES string of the molecule is CC(C)(C)c1ccc(N(C(=O)[C@H]2C[C@@H](O)CN2)C(C(=O)NC2CC2)c2cccnc2)cc1. The van der Waals surface area contributed by atoms with Crippen LogP contribution in [0.1, 0.15) is 57.2 Å². The molecule has 32 heavy (non-hydrogen) atoms. The molecule has 1 aliphatic heterocycles. The number of pyridine rings is 1. The lowest BCUT2D eigenvalue weighted by Gasteiger charge is -2.33. The molecule has 4 rings (SSSR count). The zero-order valence-corrected chi connectivity index (χ0v) is 18.9. The molecule has 3 N–H and O–H groups in total. The molecule has 2 fully saturated rings. The molecule has 2 heterocycles.